The van der Waals surface area contributed by atoms with Gasteiger partial charge in [-0.1, -0.05) is 6.07 Å². The van der Waals surface area contributed by atoms with Crippen LogP contribution in [0.3, 0.4) is 0 Å². The van der Waals surface area contributed by atoms with E-state index in [1.54, 1.807) is 32.0 Å². The van der Waals surface area contributed by atoms with Gasteiger partial charge in [0.1, 0.15) is 11.3 Å². The summed E-state index contributed by atoms with van der Waals surface area (Å²) in [4.78, 5) is 11.6. The summed E-state index contributed by atoms with van der Waals surface area (Å²) >= 11 is 0. The van der Waals surface area contributed by atoms with Gasteiger partial charge in [-0.05, 0) is 17.7 Å². The molecule has 1 heterocycles. The zero-order valence-corrected chi connectivity index (χ0v) is 9.11. The number of nitriles is 1. The first-order valence-electron chi connectivity index (χ1n) is 4.94. The predicted molar refractivity (Wildman–Crippen MR) is 55.9 cm³/mol. The van der Waals surface area contributed by atoms with Crippen LogP contribution in [0.5, 0.6) is 5.75 Å². The fourth-order valence-electron chi connectivity index (χ4n) is 1.58. The van der Waals surface area contributed by atoms with Gasteiger partial charge in [-0.25, -0.2) is 4.79 Å². The van der Waals surface area contributed by atoms with Crippen LogP contribution in [0.15, 0.2) is 18.2 Å². The highest BCUT2D eigenvalue weighted by molar-refractivity contribution is 5.93. The second-order valence-corrected chi connectivity index (χ2v) is 4.06. The molecule has 2 rings (SSSR count). The van der Waals surface area contributed by atoms with Crippen LogP contribution >= 0.6 is 0 Å². The minimum absolute atomic E-state index is 0.298. The molecule has 1 aliphatic heterocycles. The lowest BCUT2D eigenvalue weighted by atomic mass is 10.1. The van der Waals surface area contributed by atoms with E-state index in [0.717, 1.165) is 5.56 Å². The van der Waals surface area contributed by atoms with Crippen LogP contribution in [-0.2, 0) is 11.2 Å². The Kier molecular flexibility index (Phi) is 2.31. The fraction of sp³-hybridized carbons (Fsp3) is 0.333. The number of carbonyl (C=O) groups is 1. The van der Waals surface area contributed by atoms with E-state index >= 15 is 0 Å². The lowest BCUT2D eigenvalue weighted by Crippen LogP contribution is -2.38. The maximum atomic E-state index is 11.6. The molecule has 0 saturated carbocycles. The van der Waals surface area contributed by atoms with Gasteiger partial charge in [-0.15, -0.1) is 0 Å². The van der Waals surface area contributed by atoms with Gasteiger partial charge in [0.05, 0.1) is 12.5 Å². The molecule has 82 valence electrons. The van der Waals surface area contributed by atoms with Crippen LogP contribution < -0.4 is 4.74 Å². The Morgan fingerprint density at radius 3 is 2.81 bits per heavy atom. The quantitative estimate of drug-likeness (QED) is 0.675. The Morgan fingerprint density at radius 2 is 2.12 bits per heavy atom. The van der Waals surface area contributed by atoms with Crippen LogP contribution in [-0.4, -0.2) is 11.8 Å². The molecule has 0 amide bonds. The normalized spacial score (nSPS) is 16.7. The van der Waals surface area contributed by atoms with E-state index in [0.29, 0.717) is 17.7 Å². The molecule has 0 fully saturated rings. The van der Waals surface area contributed by atoms with Gasteiger partial charge in [-0.3, -0.25) is 0 Å². The van der Waals surface area contributed by atoms with Crippen molar-refractivity contribution in [3.05, 3.63) is 29.3 Å². The lowest BCUT2D eigenvalue weighted by Gasteiger charge is -2.31. The number of fused-ring (bicyclic) bond motifs is 1. The second kappa shape index (κ2) is 3.53. The van der Waals surface area contributed by atoms with E-state index < -0.39 is 11.8 Å². The highest BCUT2D eigenvalue weighted by Crippen LogP contribution is 2.31. The Labute approximate surface area is 93.4 Å². The number of ether oxygens (including phenoxy) is 2. The predicted octanol–water partition coefficient (Wildman–Crippen LogP) is 2.04. The molecular formula is C12H11NO3. The third kappa shape index (κ3) is 1.84. The van der Waals surface area contributed by atoms with E-state index in [9.17, 15) is 4.79 Å². The third-order valence-electron chi connectivity index (χ3n) is 2.24. The van der Waals surface area contributed by atoms with Crippen LogP contribution in [0.1, 0.15) is 29.8 Å². The SMILES string of the molecule is CC1(C)OC(=O)c2ccc(CC#N)cc2O1. The van der Waals surface area contributed by atoms with Crippen molar-refractivity contribution in [1.82, 2.24) is 0 Å². The summed E-state index contributed by atoms with van der Waals surface area (Å²) in [5, 5.41) is 8.60. The molecule has 0 N–H and O–H groups in total. The number of hydrogen-bond acceptors (Lipinski definition) is 4. The molecule has 1 aliphatic rings. The first-order valence-corrected chi connectivity index (χ1v) is 4.94. The Hall–Kier alpha value is -2.02. The molecule has 0 aliphatic carbocycles. The number of esters is 1. The smallest absolute Gasteiger partial charge is 0.345 e. The molecule has 0 bridgehead atoms. The molecule has 0 unspecified atom stereocenters. The van der Waals surface area contributed by atoms with Crippen LogP contribution in [0.25, 0.3) is 0 Å². The highest BCUT2D eigenvalue weighted by Gasteiger charge is 2.33. The number of benzene rings is 1. The summed E-state index contributed by atoms with van der Waals surface area (Å²) in [5.74, 6) is -0.862. The van der Waals surface area contributed by atoms with Gasteiger partial charge < -0.3 is 9.47 Å². The zero-order chi connectivity index (χ0) is 11.8. The van der Waals surface area contributed by atoms with E-state index in [1.807, 2.05) is 0 Å². The topological polar surface area (TPSA) is 59.3 Å². The monoisotopic (exact) mass is 217 g/mol. The summed E-state index contributed by atoms with van der Waals surface area (Å²) in [6.07, 6.45) is 0.298. The van der Waals surface area contributed by atoms with Crippen molar-refractivity contribution in [2.75, 3.05) is 0 Å². The van der Waals surface area contributed by atoms with Crippen LogP contribution in [0.4, 0.5) is 0 Å². The van der Waals surface area contributed by atoms with E-state index in [1.165, 1.54) is 0 Å². The van der Waals surface area contributed by atoms with Crippen molar-refractivity contribution in [1.29, 1.82) is 5.26 Å². The maximum Gasteiger partial charge on any atom is 0.345 e. The van der Waals surface area contributed by atoms with E-state index in [-0.39, 0.29) is 0 Å². The summed E-state index contributed by atoms with van der Waals surface area (Å²) in [7, 11) is 0. The largest absolute Gasteiger partial charge is 0.452 e. The number of nitrogens with zero attached hydrogens (tertiary/aromatic N) is 1. The maximum absolute atomic E-state index is 11.6. The van der Waals surface area contributed by atoms with Gasteiger partial charge >= 0.3 is 5.97 Å². The van der Waals surface area contributed by atoms with Gasteiger partial charge in [-0.2, -0.15) is 5.26 Å². The average Bonchev–Trinajstić information content (AvgIpc) is 2.15. The van der Waals surface area contributed by atoms with Crippen LogP contribution in [0.2, 0.25) is 0 Å². The van der Waals surface area contributed by atoms with Crippen LogP contribution in [0, 0.1) is 11.3 Å². The second-order valence-electron chi connectivity index (χ2n) is 4.06. The molecular weight excluding hydrogens is 206 g/mol. The first kappa shape index (κ1) is 10.5. The fourth-order valence-corrected chi connectivity index (χ4v) is 1.58. The van der Waals surface area contributed by atoms with E-state index in [4.69, 9.17) is 14.7 Å². The number of cyclic esters (lactones) is 1. The minimum atomic E-state index is -0.949. The third-order valence-corrected chi connectivity index (χ3v) is 2.24. The Bertz CT molecular complexity index is 486. The molecule has 16 heavy (non-hydrogen) atoms. The summed E-state index contributed by atoms with van der Waals surface area (Å²) in [6.45, 7) is 3.34. The minimum Gasteiger partial charge on any atom is -0.452 e. The zero-order valence-electron chi connectivity index (χ0n) is 9.11. The van der Waals surface area contributed by atoms with Gasteiger partial charge in [0, 0.05) is 13.8 Å². The molecule has 0 atom stereocenters. The summed E-state index contributed by atoms with van der Waals surface area (Å²) < 4.78 is 10.6. The Balaban J connectivity index is 2.43. The highest BCUT2D eigenvalue weighted by atomic mass is 16.7. The van der Waals surface area contributed by atoms with Crippen molar-refractivity contribution in [2.45, 2.75) is 26.1 Å². The van der Waals surface area contributed by atoms with Crippen molar-refractivity contribution in [3.63, 3.8) is 0 Å². The molecule has 1 aromatic carbocycles. The molecule has 0 aromatic heterocycles. The average molecular weight is 217 g/mol. The number of hydrogen-bond donors (Lipinski definition) is 0. The molecule has 4 nitrogen and oxygen atoms in total. The number of rotatable bonds is 1. The molecule has 4 heteroatoms. The first-order chi connectivity index (χ1) is 7.52. The molecule has 1 aromatic rings. The van der Waals surface area contributed by atoms with Gasteiger partial charge in [0.2, 0.25) is 5.79 Å². The summed E-state index contributed by atoms with van der Waals surface area (Å²) in [5.41, 5.74) is 1.23. The standard InChI is InChI=1S/C12H11NO3/c1-12(2)15-10-7-8(5-6-13)3-4-9(10)11(14)16-12/h3-4,7H,5H2,1-2H3. The lowest BCUT2D eigenvalue weighted by molar-refractivity contribution is -0.127. The van der Waals surface area contributed by atoms with Crippen molar-refractivity contribution in [3.8, 4) is 11.8 Å². The molecule has 0 radical (unpaired) electrons. The molecule has 0 saturated heterocycles. The van der Waals surface area contributed by atoms with Crippen molar-refractivity contribution >= 4 is 5.97 Å². The number of carbonyl (C=O) groups excluding carboxylic acids is 1. The van der Waals surface area contributed by atoms with Gasteiger partial charge in [0.25, 0.3) is 0 Å². The summed E-state index contributed by atoms with van der Waals surface area (Å²) in [6, 6.07) is 7.11. The van der Waals surface area contributed by atoms with Gasteiger partial charge in [0.15, 0.2) is 0 Å². The molecule has 0 spiro atoms. The van der Waals surface area contributed by atoms with Crippen molar-refractivity contribution < 1.29 is 14.3 Å². The Morgan fingerprint density at radius 1 is 1.38 bits per heavy atom. The van der Waals surface area contributed by atoms with E-state index in [2.05, 4.69) is 6.07 Å². The van der Waals surface area contributed by atoms with Crippen molar-refractivity contribution in [2.24, 2.45) is 0 Å².